The van der Waals surface area contributed by atoms with Crippen LogP contribution in [0.25, 0.3) is 0 Å². The lowest BCUT2D eigenvalue weighted by atomic mass is 9.83. The first kappa shape index (κ1) is 9.72. The monoisotopic (exact) mass is 189 g/mol. The first-order valence-corrected chi connectivity index (χ1v) is 5.52. The Morgan fingerprint density at radius 3 is 3.00 bits per heavy atom. The van der Waals surface area contributed by atoms with Crippen molar-refractivity contribution in [2.75, 3.05) is 13.6 Å². The van der Waals surface area contributed by atoms with E-state index in [1.165, 1.54) is 24.8 Å². The molecule has 0 aliphatic heterocycles. The van der Waals surface area contributed by atoms with E-state index in [2.05, 4.69) is 30.4 Å². The van der Waals surface area contributed by atoms with Gasteiger partial charge in [0.05, 0.1) is 0 Å². The minimum absolute atomic E-state index is 0.843. The fourth-order valence-corrected chi connectivity index (χ4v) is 2.42. The summed E-state index contributed by atoms with van der Waals surface area (Å²) in [6, 6.07) is 6.90. The zero-order valence-corrected chi connectivity index (χ0v) is 9.14. The van der Waals surface area contributed by atoms with Crippen LogP contribution in [0.5, 0.6) is 0 Å². The summed E-state index contributed by atoms with van der Waals surface area (Å²) in [6.07, 6.45) is 3.87. The Balaban J connectivity index is 2.15. The second kappa shape index (κ2) is 4.14. The van der Waals surface area contributed by atoms with Crippen molar-refractivity contribution in [1.29, 1.82) is 0 Å². The molecule has 1 atom stereocenters. The molecule has 1 aliphatic rings. The Hall–Kier alpha value is -0.820. The summed E-state index contributed by atoms with van der Waals surface area (Å²) in [5, 5.41) is 3.28. The van der Waals surface area contributed by atoms with Crippen LogP contribution in [0.3, 0.4) is 0 Å². The molecular weight excluding hydrogens is 170 g/mol. The van der Waals surface area contributed by atoms with Crippen molar-refractivity contribution in [2.24, 2.45) is 5.92 Å². The third-order valence-corrected chi connectivity index (χ3v) is 3.19. The van der Waals surface area contributed by atoms with Crippen LogP contribution in [0, 0.1) is 12.8 Å². The molecule has 0 aromatic heterocycles. The number of nitrogens with one attached hydrogen (secondary N) is 1. The molecular formula is C13H19N. The van der Waals surface area contributed by atoms with Gasteiger partial charge >= 0.3 is 0 Å². The molecule has 1 aliphatic carbocycles. The normalized spacial score (nSPS) is 20.6. The highest BCUT2D eigenvalue weighted by Crippen LogP contribution is 2.25. The van der Waals surface area contributed by atoms with E-state index in [1.807, 2.05) is 7.05 Å². The minimum Gasteiger partial charge on any atom is -0.319 e. The van der Waals surface area contributed by atoms with Gasteiger partial charge in [-0.1, -0.05) is 23.8 Å². The molecule has 0 amide bonds. The van der Waals surface area contributed by atoms with Gasteiger partial charge in [0, 0.05) is 0 Å². The molecule has 0 fully saturated rings. The standard InChI is InChI=1S/C13H19N/c1-10-3-5-13-8-11(9-14-2)4-6-12(13)7-10/h3,5,7,11,14H,4,6,8-9H2,1-2H3. The number of hydrogen-bond acceptors (Lipinski definition) is 1. The van der Waals surface area contributed by atoms with Crippen LogP contribution in [0.2, 0.25) is 0 Å². The number of aryl methyl sites for hydroxylation is 2. The molecule has 1 aromatic carbocycles. The summed E-state index contributed by atoms with van der Waals surface area (Å²) in [5.41, 5.74) is 4.55. The first-order valence-electron chi connectivity index (χ1n) is 5.52. The predicted molar refractivity (Wildman–Crippen MR) is 60.6 cm³/mol. The number of rotatable bonds is 2. The summed E-state index contributed by atoms with van der Waals surface area (Å²) < 4.78 is 0. The van der Waals surface area contributed by atoms with Gasteiger partial charge in [0.1, 0.15) is 0 Å². The Labute approximate surface area is 86.5 Å². The van der Waals surface area contributed by atoms with E-state index in [0.29, 0.717) is 0 Å². The molecule has 1 aromatic rings. The third-order valence-electron chi connectivity index (χ3n) is 3.19. The van der Waals surface area contributed by atoms with Gasteiger partial charge in [-0.2, -0.15) is 0 Å². The second-order valence-corrected chi connectivity index (χ2v) is 4.44. The van der Waals surface area contributed by atoms with Crippen LogP contribution in [-0.2, 0) is 12.8 Å². The maximum Gasteiger partial charge on any atom is -0.00202 e. The van der Waals surface area contributed by atoms with Gasteiger partial charge in [-0.15, -0.1) is 0 Å². The van der Waals surface area contributed by atoms with Crippen molar-refractivity contribution >= 4 is 0 Å². The molecule has 0 radical (unpaired) electrons. The predicted octanol–water partition coefficient (Wildman–Crippen LogP) is 2.32. The van der Waals surface area contributed by atoms with Crippen molar-refractivity contribution in [3.05, 3.63) is 34.9 Å². The fraction of sp³-hybridized carbons (Fsp3) is 0.538. The van der Waals surface area contributed by atoms with Crippen LogP contribution in [-0.4, -0.2) is 13.6 Å². The Morgan fingerprint density at radius 1 is 1.36 bits per heavy atom. The van der Waals surface area contributed by atoms with Gasteiger partial charge in [0.25, 0.3) is 0 Å². The number of hydrogen-bond donors (Lipinski definition) is 1. The molecule has 1 N–H and O–H groups in total. The van der Waals surface area contributed by atoms with Crippen molar-refractivity contribution < 1.29 is 0 Å². The molecule has 1 heteroatoms. The van der Waals surface area contributed by atoms with E-state index in [9.17, 15) is 0 Å². The van der Waals surface area contributed by atoms with Gasteiger partial charge < -0.3 is 5.32 Å². The lowest BCUT2D eigenvalue weighted by molar-refractivity contribution is 0.440. The highest BCUT2D eigenvalue weighted by molar-refractivity contribution is 5.33. The van der Waals surface area contributed by atoms with Crippen LogP contribution < -0.4 is 5.32 Å². The zero-order chi connectivity index (χ0) is 9.97. The lowest BCUT2D eigenvalue weighted by Gasteiger charge is -2.24. The lowest BCUT2D eigenvalue weighted by Crippen LogP contribution is -2.24. The Kier molecular flexibility index (Phi) is 2.87. The molecule has 0 bridgehead atoms. The second-order valence-electron chi connectivity index (χ2n) is 4.44. The third kappa shape index (κ3) is 1.98. The van der Waals surface area contributed by atoms with Crippen LogP contribution >= 0.6 is 0 Å². The number of fused-ring (bicyclic) bond motifs is 1. The molecule has 1 nitrogen and oxygen atoms in total. The van der Waals surface area contributed by atoms with E-state index >= 15 is 0 Å². The Morgan fingerprint density at radius 2 is 2.21 bits per heavy atom. The van der Waals surface area contributed by atoms with E-state index in [1.54, 1.807) is 11.1 Å². The quantitative estimate of drug-likeness (QED) is 0.753. The van der Waals surface area contributed by atoms with Gasteiger partial charge in [-0.25, -0.2) is 0 Å². The topological polar surface area (TPSA) is 12.0 Å². The average Bonchev–Trinajstić information content (AvgIpc) is 2.19. The summed E-state index contributed by atoms with van der Waals surface area (Å²) in [7, 11) is 2.05. The van der Waals surface area contributed by atoms with Gasteiger partial charge in [0.2, 0.25) is 0 Å². The van der Waals surface area contributed by atoms with Crippen LogP contribution in [0.4, 0.5) is 0 Å². The summed E-state index contributed by atoms with van der Waals surface area (Å²) in [5.74, 6) is 0.843. The smallest absolute Gasteiger partial charge is 0.00202 e. The molecule has 76 valence electrons. The summed E-state index contributed by atoms with van der Waals surface area (Å²) in [4.78, 5) is 0. The number of benzene rings is 1. The highest BCUT2D eigenvalue weighted by Gasteiger charge is 2.17. The Bertz CT molecular complexity index is 317. The molecule has 1 unspecified atom stereocenters. The molecule has 0 spiro atoms. The minimum atomic E-state index is 0.843. The fourth-order valence-electron chi connectivity index (χ4n) is 2.42. The highest BCUT2D eigenvalue weighted by atomic mass is 14.8. The largest absolute Gasteiger partial charge is 0.319 e. The average molecular weight is 189 g/mol. The maximum atomic E-state index is 3.28. The van der Waals surface area contributed by atoms with Gasteiger partial charge in [-0.05, 0) is 56.8 Å². The molecule has 2 rings (SSSR count). The molecule has 0 saturated carbocycles. The van der Waals surface area contributed by atoms with Crippen LogP contribution in [0.15, 0.2) is 18.2 Å². The van der Waals surface area contributed by atoms with E-state index in [0.717, 1.165) is 12.5 Å². The van der Waals surface area contributed by atoms with Crippen molar-refractivity contribution in [1.82, 2.24) is 5.32 Å². The first-order chi connectivity index (χ1) is 6.79. The van der Waals surface area contributed by atoms with Crippen molar-refractivity contribution in [2.45, 2.75) is 26.2 Å². The molecule has 0 heterocycles. The van der Waals surface area contributed by atoms with Crippen molar-refractivity contribution in [3.8, 4) is 0 Å². The summed E-state index contributed by atoms with van der Waals surface area (Å²) in [6.45, 7) is 3.34. The molecule has 14 heavy (non-hydrogen) atoms. The SMILES string of the molecule is CNCC1CCc2cc(C)ccc2C1. The van der Waals surface area contributed by atoms with E-state index in [4.69, 9.17) is 0 Å². The van der Waals surface area contributed by atoms with E-state index < -0.39 is 0 Å². The van der Waals surface area contributed by atoms with Gasteiger partial charge in [-0.3, -0.25) is 0 Å². The maximum absolute atomic E-state index is 3.28. The van der Waals surface area contributed by atoms with Gasteiger partial charge in [0.15, 0.2) is 0 Å². The van der Waals surface area contributed by atoms with Crippen LogP contribution in [0.1, 0.15) is 23.1 Å². The molecule has 0 saturated heterocycles. The zero-order valence-electron chi connectivity index (χ0n) is 9.14. The van der Waals surface area contributed by atoms with Crippen molar-refractivity contribution in [3.63, 3.8) is 0 Å². The summed E-state index contributed by atoms with van der Waals surface area (Å²) >= 11 is 0. The van der Waals surface area contributed by atoms with E-state index in [-0.39, 0.29) is 0 Å².